The van der Waals surface area contributed by atoms with Gasteiger partial charge in [0.15, 0.2) is 5.65 Å². The third-order valence-electron chi connectivity index (χ3n) is 3.31. The second-order valence-corrected chi connectivity index (χ2v) is 5.42. The van der Waals surface area contributed by atoms with Crippen molar-refractivity contribution in [2.75, 3.05) is 5.88 Å². The van der Waals surface area contributed by atoms with Crippen LogP contribution in [0.15, 0.2) is 24.4 Å². The maximum Gasteiger partial charge on any atom is 0.174 e. The fourth-order valence-corrected chi connectivity index (χ4v) is 2.69. The number of nitrogens with zero attached hydrogens (tertiary/aromatic N) is 3. The number of alkyl halides is 1. The fraction of sp³-hybridized carbons (Fsp3) is 0.214. The Bertz CT molecular complexity index is 803. The lowest BCUT2D eigenvalue weighted by Crippen LogP contribution is -2.08. The van der Waals surface area contributed by atoms with Crippen molar-refractivity contribution in [3.05, 3.63) is 52.2 Å². The van der Waals surface area contributed by atoms with Crippen LogP contribution in [0.1, 0.15) is 22.9 Å². The fourth-order valence-electron chi connectivity index (χ4n) is 2.21. The maximum atomic E-state index is 14.1. The Morgan fingerprint density at radius 2 is 2.19 bits per heavy atom. The summed E-state index contributed by atoms with van der Waals surface area (Å²) in [5.74, 6) is -0.619. The molecule has 0 amide bonds. The van der Waals surface area contributed by atoms with Crippen LogP contribution in [0.4, 0.5) is 4.39 Å². The average molecular weight is 325 g/mol. The van der Waals surface area contributed by atoms with Gasteiger partial charge in [-0.05, 0) is 24.6 Å². The van der Waals surface area contributed by atoms with Crippen LogP contribution in [0.5, 0.6) is 0 Å². The van der Waals surface area contributed by atoms with Gasteiger partial charge in [-0.25, -0.2) is 14.4 Å². The summed E-state index contributed by atoms with van der Waals surface area (Å²) in [6, 6.07) is 4.52. The molecule has 0 saturated carbocycles. The Balaban J connectivity index is 2.08. The molecule has 0 aliphatic rings. The van der Waals surface area contributed by atoms with Crippen LogP contribution in [-0.4, -0.2) is 26.0 Å². The van der Waals surface area contributed by atoms with Crippen molar-refractivity contribution < 1.29 is 4.39 Å². The van der Waals surface area contributed by atoms with Gasteiger partial charge in [0, 0.05) is 16.8 Å². The molecule has 0 aliphatic carbocycles. The summed E-state index contributed by atoms with van der Waals surface area (Å²) in [6.45, 7) is 1.84. The molecule has 21 heavy (non-hydrogen) atoms. The highest BCUT2D eigenvalue weighted by Crippen LogP contribution is 2.29. The monoisotopic (exact) mass is 324 g/mol. The molecule has 0 radical (unpaired) electrons. The van der Waals surface area contributed by atoms with E-state index in [1.165, 1.54) is 6.07 Å². The molecule has 0 bridgehead atoms. The van der Waals surface area contributed by atoms with Gasteiger partial charge >= 0.3 is 0 Å². The smallest absolute Gasteiger partial charge is 0.174 e. The van der Waals surface area contributed by atoms with Crippen LogP contribution in [0.3, 0.4) is 0 Å². The first-order valence-corrected chi connectivity index (χ1v) is 7.20. The summed E-state index contributed by atoms with van der Waals surface area (Å²) in [5.41, 5.74) is 3.06. The summed E-state index contributed by atoms with van der Waals surface area (Å²) >= 11 is 11.8. The van der Waals surface area contributed by atoms with E-state index < -0.39 is 11.7 Å². The van der Waals surface area contributed by atoms with Crippen LogP contribution in [-0.2, 0) is 0 Å². The normalized spacial score (nSPS) is 12.8. The molecule has 1 atom stereocenters. The Hall–Kier alpha value is -1.72. The van der Waals surface area contributed by atoms with E-state index in [1.807, 2.05) is 6.92 Å². The number of hydrogen-bond donors (Lipinski definition) is 1. The number of rotatable bonds is 3. The van der Waals surface area contributed by atoms with E-state index in [0.717, 1.165) is 5.69 Å². The van der Waals surface area contributed by atoms with E-state index in [0.29, 0.717) is 27.4 Å². The molecule has 7 heteroatoms. The van der Waals surface area contributed by atoms with Crippen molar-refractivity contribution >= 4 is 34.4 Å². The summed E-state index contributed by atoms with van der Waals surface area (Å²) in [4.78, 5) is 8.76. The van der Waals surface area contributed by atoms with Crippen molar-refractivity contribution in [1.82, 2.24) is 20.2 Å². The van der Waals surface area contributed by atoms with E-state index in [1.54, 1.807) is 18.3 Å². The second-order valence-electron chi connectivity index (χ2n) is 4.67. The highest BCUT2D eigenvalue weighted by molar-refractivity contribution is 6.30. The molecule has 3 rings (SSSR count). The highest BCUT2D eigenvalue weighted by atomic mass is 35.5. The summed E-state index contributed by atoms with van der Waals surface area (Å²) in [5, 5.41) is 7.19. The Morgan fingerprint density at radius 1 is 1.38 bits per heavy atom. The maximum absolute atomic E-state index is 14.1. The number of H-pyrrole nitrogens is 1. The molecule has 0 fully saturated rings. The SMILES string of the molecule is Cc1n[nH]c2nc([C@H](CCl)c3ccc(Cl)cc3F)cnc12. The zero-order chi connectivity index (χ0) is 15.0. The molecule has 3 aromatic rings. The van der Waals surface area contributed by atoms with Gasteiger partial charge in [-0.2, -0.15) is 5.10 Å². The van der Waals surface area contributed by atoms with Gasteiger partial charge in [0.05, 0.1) is 17.6 Å². The number of aromatic nitrogens is 4. The molecule has 4 nitrogen and oxygen atoms in total. The summed E-state index contributed by atoms with van der Waals surface area (Å²) < 4.78 is 14.1. The van der Waals surface area contributed by atoms with E-state index in [9.17, 15) is 4.39 Å². The van der Waals surface area contributed by atoms with E-state index in [2.05, 4.69) is 20.2 Å². The van der Waals surface area contributed by atoms with E-state index >= 15 is 0 Å². The topological polar surface area (TPSA) is 54.5 Å². The zero-order valence-corrected chi connectivity index (χ0v) is 12.6. The minimum absolute atomic E-state index is 0.186. The minimum atomic E-state index is -0.407. The first-order chi connectivity index (χ1) is 10.1. The number of benzene rings is 1. The number of aromatic amines is 1. The predicted octanol–water partition coefficient (Wildman–Crippen LogP) is 3.82. The van der Waals surface area contributed by atoms with Gasteiger partial charge in [0.2, 0.25) is 0 Å². The summed E-state index contributed by atoms with van der Waals surface area (Å²) in [7, 11) is 0. The zero-order valence-electron chi connectivity index (χ0n) is 11.1. The van der Waals surface area contributed by atoms with Crippen molar-refractivity contribution in [2.24, 2.45) is 0 Å². The first-order valence-electron chi connectivity index (χ1n) is 6.28. The Morgan fingerprint density at radius 3 is 2.90 bits per heavy atom. The molecule has 1 aromatic carbocycles. The minimum Gasteiger partial charge on any atom is -0.259 e. The molecule has 1 N–H and O–H groups in total. The summed E-state index contributed by atoms with van der Waals surface area (Å²) in [6.07, 6.45) is 1.60. The number of fused-ring (bicyclic) bond motifs is 1. The largest absolute Gasteiger partial charge is 0.259 e. The standard InChI is InChI=1S/C14H11Cl2FN4/c1-7-13-14(21-20-7)19-12(6-18-13)10(5-15)9-3-2-8(16)4-11(9)17/h2-4,6,10H,5H2,1H3,(H,19,20,21)/t10-/m1/s1. The molecule has 0 saturated heterocycles. The van der Waals surface area contributed by atoms with Gasteiger partial charge in [-0.1, -0.05) is 17.7 Å². The molecule has 2 aromatic heterocycles. The number of hydrogen-bond acceptors (Lipinski definition) is 3. The van der Waals surface area contributed by atoms with Crippen LogP contribution < -0.4 is 0 Å². The van der Waals surface area contributed by atoms with Crippen LogP contribution in [0, 0.1) is 12.7 Å². The molecule has 2 heterocycles. The van der Waals surface area contributed by atoms with Crippen molar-refractivity contribution in [2.45, 2.75) is 12.8 Å². The lowest BCUT2D eigenvalue weighted by molar-refractivity contribution is 0.602. The quantitative estimate of drug-likeness (QED) is 0.745. The lowest BCUT2D eigenvalue weighted by Gasteiger charge is -2.14. The van der Waals surface area contributed by atoms with Crippen LogP contribution in [0.25, 0.3) is 11.2 Å². The molecule has 0 aliphatic heterocycles. The van der Waals surface area contributed by atoms with Gasteiger partial charge in [0.1, 0.15) is 11.3 Å². The van der Waals surface area contributed by atoms with Crippen LogP contribution in [0.2, 0.25) is 5.02 Å². The van der Waals surface area contributed by atoms with Crippen molar-refractivity contribution in [1.29, 1.82) is 0 Å². The van der Waals surface area contributed by atoms with E-state index in [4.69, 9.17) is 23.2 Å². The van der Waals surface area contributed by atoms with Gasteiger partial charge < -0.3 is 0 Å². The third-order valence-corrected chi connectivity index (χ3v) is 3.86. The van der Waals surface area contributed by atoms with Crippen molar-refractivity contribution in [3.8, 4) is 0 Å². The molecular weight excluding hydrogens is 314 g/mol. The van der Waals surface area contributed by atoms with Crippen molar-refractivity contribution in [3.63, 3.8) is 0 Å². The number of halogens is 3. The van der Waals surface area contributed by atoms with Gasteiger partial charge in [-0.3, -0.25) is 5.10 Å². The predicted molar refractivity (Wildman–Crippen MR) is 80.4 cm³/mol. The lowest BCUT2D eigenvalue weighted by atomic mass is 9.97. The van der Waals surface area contributed by atoms with Gasteiger partial charge in [0.25, 0.3) is 0 Å². The molecule has 108 valence electrons. The molecule has 0 spiro atoms. The van der Waals surface area contributed by atoms with E-state index in [-0.39, 0.29) is 5.88 Å². The first kappa shape index (κ1) is 14.2. The van der Waals surface area contributed by atoms with Gasteiger partial charge in [-0.15, -0.1) is 11.6 Å². The van der Waals surface area contributed by atoms with Crippen LogP contribution >= 0.6 is 23.2 Å². The number of aryl methyl sites for hydroxylation is 1. The Labute approximate surface area is 130 Å². The second kappa shape index (κ2) is 5.58. The molecule has 0 unspecified atom stereocenters. The number of nitrogens with one attached hydrogen (secondary N) is 1. The average Bonchev–Trinajstić information content (AvgIpc) is 2.83. The highest BCUT2D eigenvalue weighted by Gasteiger charge is 2.20. The molecular formula is C14H11Cl2FN4. The third kappa shape index (κ3) is 2.59. The Kier molecular flexibility index (Phi) is 3.78.